The van der Waals surface area contributed by atoms with Crippen molar-refractivity contribution in [1.29, 1.82) is 0 Å². The van der Waals surface area contributed by atoms with Gasteiger partial charge in [-0.25, -0.2) is 13.1 Å². The molecule has 26 heavy (non-hydrogen) atoms. The van der Waals surface area contributed by atoms with E-state index >= 15 is 0 Å². The van der Waals surface area contributed by atoms with Crippen LogP contribution in [-0.4, -0.2) is 57.0 Å². The molecule has 3 aliphatic rings. The van der Waals surface area contributed by atoms with Gasteiger partial charge < -0.3 is 4.74 Å². The van der Waals surface area contributed by atoms with Gasteiger partial charge in [0.25, 0.3) is 0 Å². The molecule has 1 N–H and O–H groups in total. The standard InChI is InChI=1S/C20H36N2O3S/c1-17(2)15-26(23,24)21-19-10-6-7-11-20(19)16-22(12-13-25-20)14-18-8-4-3-5-9-18/h3-4,17-19,21H,5-16H2,1-2H3/t18-,19?,20?/m1/s1. The SMILES string of the molecule is CC(C)CS(=O)(=O)NC1CCCCC12CN(C[C@@H]1CC=CCC1)CCO2. The first kappa shape index (κ1) is 20.3. The highest BCUT2D eigenvalue weighted by Crippen LogP contribution is 2.36. The van der Waals surface area contributed by atoms with Gasteiger partial charge in [-0.1, -0.05) is 38.8 Å². The van der Waals surface area contributed by atoms with Crippen molar-refractivity contribution in [1.82, 2.24) is 9.62 Å². The molecule has 3 rings (SSSR count). The summed E-state index contributed by atoms with van der Waals surface area (Å²) in [4.78, 5) is 2.53. The maximum atomic E-state index is 12.5. The summed E-state index contributed by atoms with van der Waals surface area (Å²) in [6.07, 6.45) is 12.3. The van der Waals surface area contributed by atoms with E-state index in [-0.39, 0.29) is 23.3 Å². The van der Waals surface area contributed by atoms with E-state index in [0.29, 0.717) is 6.61 Å². The first-order chi connectivity index (χ1) is 12.4. The zero-order valence-corrected chi connectivity index (χ0v) is 17.3. The molecule has 2 aliphatic carbocycles. The number of nitrogens with zero attached hydrogens (tertiary/aromatic N) is 1. The lowest BCUT2D eigenvalue weighted by atomic mass is 9.79. The molecule has 3 atom stereocenters. The highest BCUT2D eigenvalue weighted by molar-refractivity contribution is 7.89. The Morgan fingerprint density at radius 1 is 1.27 bits per heavy atom. The Labute approximate surface area is 159 Å². The fourth-order valence-electron chi connectivity index (χ4n) is 4.87. The minimum absolute atomic E-state index is 0.0888. The number of sulfonamides is 1. The highest BCUT2D eigenvalue weighted by Gasteiger charge is 2.46. The number of hydrogen-bond donors (Lipinski definition) is 1. The lowest BCUT2D eigenvalue weighted by Crippen LogP contribution is -2.64. The van der Waals surface area contributed by atoms with Crippen LogP contribution in [0.15, 0.2) is 12.2 Å². The van der Waals surface area contributed by atoms with Gasteiger partial charge in [-0.3, -0.25) is 4.90 Å². The molecule has 1 spiro atoms. The van der Waals surface area contributed by atoms with Crippen molar-refractivity contribution in [2.24, 2.45) is 11.8 Å². The van der Waals surface area contributed by atoms with Gasteiger partial charge in [-0.05, 0) is 43.9 Å². The normalized spacial score (nSPS) is 33.8. The summed E-state index contributed by atoms with van der Waals surface area (Å²) < 4.78 is 34.4. The Kier molecular flexibility index (Phi) is 6.81. The average Bonchev–Trinajstić information content (AvgIpc) is 2.57. The van der Waals surface area contributed by atoms with E-state index in [2.05, 4.69) is 21.8 Å². The van der Waals surface area contributed by atoms with Crippen molar-refractivity contribution < 1.29 is 13.2 Å². The molecule has 0 amide bonds. The third-order valence-electron chi connectivity index (χ3n) is 6.03. The van der Waals surface area contributed by atoms with Crippen LogP contribution in [0, 0.1) is 11.8 Å². The molecule has 0 radical (unpaired) electrons. The molecular weight excluding hydrogens is 348 g/mol. The van der Waals surface area contributed by atoms with Gasteiger partial charge in [0, 0.05) is 19.6 Å². The number of ether oxygens (including phenoxy) is 1. The van der Waals surface area contributed by atoms with Crippen molar-refractivity contribution in [3.05, 3.63) is 12.2 Å². The third-order valence-corrected chi connectivity index (χ3v) is 7.78. The predicted octanol–water partition coefficient (Wildman–Crippen LogP) is 2.93. The summed E-state index contributed by atoms with van der Waals surface area (Å²) in [5.41, 5.74) is -0.342. The molecule has 2 unspecified atom stereocenters. The van der Waals surface area contributed by atoms with Crippen LogP contribution in [0.5, 0.6) is 0 Å². The first-order valence-corrected chi connectivity index (χ1v) is 12.1. The lowest BCUT2D eigenvalue weighted by Gasteiger charge is -2.50. The van der Waals surface area contributed by atoms with Gasteiger partial charge in [-0.15, -0.1) is 0 Å². The molecule has 1 saturated carbocycles. The zero-order chi connectivity index (χ0) is 18.6. The molecule has 5 nitrogen and oxygen atoms in total. The molecule has 0 aromatic rings. The molecule has 0 aromatic heterocycles. The predicted molar refractivity (Wildman–Crippen MR) is 106 cm³/mol. The Morgan fingerprint density at radius 3 is 2.85 bits per heavy atom. The molecule has 150 valence electrons. The van der Waals surface area contributed by atoms with Crippen LogP contribution in [0.1, 0.15) is 58.8 Å². The second-order valence-electron chi connectivity index (χ2n) is 8.89. The maximum Gasteiger partial charge on any atom is 0.212 e. The monoisotopic (exact) mass is 384 g/mol. The van der Waals surface area contributed by atoms with Crippen LogP contribution in [0.2, 0.25) is 0 Å². The maximum absolute atomic E-state index is 12.5. The first-order valence-electron chi connectivity index (χ1n) is 10.4. The summed E-state index contributed by atoms with van der Waals surface area (Å²) in [5, 5.41) is 0. The van der Waals surface area contributed by atoms with Gasteiger partial charge >= 0.3 is 0 Å². The van der Waals surface area contributed by atoms with Crippen LogP contribution in [0.4, 0.5) is 0 Å². The van der Waals surface area contributed by atoms with Crippen molar-refractivity contribution in [3.8, 4) is 0 Å². The van der Waals surface area contributed by atoms with Gasteiger partial charge in [0.1, 0.15) is 0 Å². The fourth-order valence-corrected chi connectivity index (χ4v) is 6.61. The fraction of sp³-hybridized carbons (Fsp3) is 0.900. The number of morpholine rings is 1. The quantitative estimate of drug-likeness (QED) is 0.716. The van der Waals surface area contributed by atoms with Gasteiger partial charge in [0.05, 0.1) is 24.0 Å². The topological polar surface area (TPSA) is 58.6 Å². The number of rotatable bonds is 6. The molecular formula is C20H36N2O3S. The largest absolute Gasteiger partial charge is 0.371 e. The van der Waals surface area contributed by atoms with E-state index in [1.165, 1.54) is 19.3 Å². The van der Waals surface area contributed by atoms with Gasteiger partial charge in [0.15, 0.2) is 0 Å². The minimum Gasteiger partial charge on any atom is -0.371 e. The van der Waals surface area contributed by atoms with Gasteiger partial charge in [-0.2, -0.15) is 0 Å². The van der Waals surface area contributed by atoms with E-state index in [9.17, 15) is 8.42 Å². The summed E-state index contributed by atoms with van der Waals surface area (Å²) in [6, 6.07) is -0.0888. The van der Waals surface area contributed by atoms with Crippen molar-refractivity contribution in [2.75, 3.05) is 32.0 Å². The second kappa shape index (κ2) is 8.72. The van der Waals surface area contributed by atoms with E-state index in [0.717, 1.165) is 51.2 Å². The van der Waals surface area contributed by atoms with E-state index in [1.807, 2.05) is 13.8 Å². The second-order valence-corrected chi connectivity index (χ2v) is 10.7. The minimum atomic E-state index is -3.26. The van der Waals surface area contributed by atoms with Crippen molar-refractivity contribution >= 4 is 10.0 Å². The summed E-state index contributed by atoms with van der Waals surface area (Å²) in [6.45, 7) is 7.56. The zero-order valence-electron chi connectivity index (χ0n) is 16.5. The Morgan fingerprint density at radius 2 is 2.12 bits per heavy atom. The summed E-state index contributed by atoms with van der Waals surface area (Å²) in [5.74, 6) is 1.06. The number of allylic oxidation sites excluding steroid dienone is 2. The average molecular weight is 385 g/mol. The van der Waals surface area contributed by atoms with Crippen LogP contribution < -0.4 is 4.72 Å². The number of hydrogen-bond acceptors (Lipinski definition) is 4. The Hall–Kier alpha value is -0.430. The summed E-state index contributed by atoms with van der Waals surface area (Å²) in [7, 11) is -3.26. The van der Waals surface area contributed by atoms with Crippen LogP contribution in [-0.2, 0) is 14.8 Å². The van der Waals surface area contributed by atoms with Crippen molar-refractivity contribution in [2.45, 2.75) is 70.4 Å². The molecule has 1 aliphatic heterocycles. The highest BCUT2D eigenvalue weighted by atomic mass is 32.2. The molecule has 1 saturated heterocycles. The molecule has 1 heterocycles. The molecule has 0 bridgehead atoms. The van der Waals surface area contributed by atoms with Gasteiger partial charge in [0.2, 0.25) is 10.0 Å². The molecule has 2 fully saturated rings. The summed E-state index contributed by atoms with van der Waals surface area (Å²) >= 11 is 0. The Balaban J connectivity index is 1.67. The lowest BCUT2D eigenvalue weighted by molar-refractivity contribution is -0.141. The molecule has 6 heteroatoms. The van der Waals surface area contributed by atoms with Crippen molar-refractivity contribution in [3.63, 3.8) is 0 Å². The van der Waals surface area contributed by atoms with E-state index in [1.54, 1.807) is 0 Å². The third kappa shape index (κ3) is 5.31. The van der Waals surface area contributed by atoms with E-state index < -0.39 is 10.0 Å². The Bertz CT molecular complexity index is 586. The molecule has 0 aromatic carbocycles. The number of nitrogens with one attached hydrogen (secondary N) is 1. The smallest absolute Gasteiger partial charge is 0.212 e. The van der Waals surface area contributed by atoms with Crippen LogP contribution in [0.3, 0.4) is 0 Å². The van der Waals surface area contributed by atoms with Crippen LogP contribution in [0.25, 0.3) is 0 Å². The van der Waals surface area contributed by atoms with E-state index in [4.69, 9.17) is 4.74 Å². The van der Waals surface area contributed by atoms with Crippen LogP contribution >= 0.6 is 0 Å².